The Morgan fingerprint density at radius 3 is 2.29 bits per heavy atom. The summed E-state index contributed by atoms with van der Waals surface area (Å²) in [6.07, 6.45) is 0. The Bertz CT molecular complexity index is 731. The maximum atomic E-state index is 12.3. The Labute approximate surface area is 134 Å². The number of anilines is 2. The zero-order valence-corrected chi connectivity index (χ0v) is 13.6. The molecule has 0 heterocycles. The minimum absolute atomic E-state index is 0.162. The van der Waals surface area contributed by atoms with Crippen molar-refractivity contribution in [3.05, 3.63) is 52.5 Å². The van der Waals surface area contributed by atoms with Crippen LogP contribution in [0.1, 0.15) is 6.92 Å². The molecule has 2 aromatic carbocycles. The summed E-state index contributed by atoms with van der Waals surface area (Å²) in [4.78, 5) is 0.162. The van der Waals surface area contributed by atoms with Crippen molar-refractivity contribution in [2.75, 3.05) is 16.6 Å². The molecule has 0 unspecified atom stereocenters. The van der Waals surface area contributed by atoms with Gasteiger partial charge in [0.25, 0.3) is 10.0 Å². The lowest BCUT2D eigenvalue weighted by atomic mass is 10.3. The molecule has 0 aromatic heterocycles. The molecule has 0 spiro atoms. The van der Waals surface area contributed by atoms with Crippen LogP contribution < -0.4 is 10.0 Å². The second kappa shape index (κ2) is 6.56. The van der Waals surface area contributed by atoms with Crippen LogP contribution in [0.25, 0.3) is 0 Å². The quantitative estimate of drug-likeness (QED) is 0.853. The summed E-state index contributed by atoms with van der Waals surface area (Å²) in [5, 5.41) is 3.79. The fourth-order valence-corrected chi connectivity index (χ4v) is 3.32. The van der Waals surface area contributed by atoms with Crippen molar-refractivity contribution < 1.29 is 8.42 Å². The molecule has 0 radical (unpaired) electrons. The lowest BCUT2D eigenvalue weighted by Gasteiger charge is -2.10. The van der Waals surface area contributed by atoms with Gasteiger partial charge in [-0.15, -0.1) is 0 Å². The Kier molecular flexibility index (Phi) is 4.98. The maximum Gasteiger partial charge on any atom is 0.261 e. The van der Waals surface area contributed by atoms with E-state index in [0.717, 1.165) is 12.2 Å². The van der Waals surface area contributed by atoms with E-state index in [2.05, 4.69) is 10.0 Å². The second-order valence-electron chi connectivity index (χ2n) is 4.28. The predicted molar refractivity (Wildman–Crippen MR) is 87.9 cm³/mol. The molecule has 7 heteroatoms. The van der Waals surface area contributed by atoms with Crippen molar-refractivity contribution in [2.45, 2.75) is 11.8 Å². The van der Waals surface area contributed by atoms with Gasteiger partial charge in [0.05, 0.1) is 15.6 Å². The zero-order valence-electron chi connectivity index (χ0n) is 11.2. The molecule has 2 N–H and O–H groups in total. The Balaban J connectivity index is 2.25. The van der Waals surface area contributed by atoms with Gasteiger partial charge >= 0.3 is 0 Å². The van der Waals surface area contributed by atoms with Crippen molar-refractivity contribution in [3.63, 3.8) is 0 Å². The fourth-order valence-electron chi connectivity index (χ4n) is 1.73. The number of hydrogen-bond acceptors (Lipinski definition) is 3. The SMILES string of the molecule is CCNc1ccc(S(=O)(=O)Nc2ccc(Cl)cc2Cl)cc1. The van der Waals surface area contributed by atoms with Crippen molar-refractivity contribution in [2.24, 2.45) is 0 Å². The van der Waals surface area contributed by atoms with Gasteiger partial charge in [0.15, 0.2) is 0 Å². The molecule has 0 bridgehead atoms. The molecule has 4 nitrogen and oxygen atoms in total. The number of sulfonamides is 1. The van der Waals surface area contributed by atoms with E-state index < -0.39 is 10.0 Å². The Morgan fingerprint density at radius 2 is 1.71 bits per heavy atom. The third kappa shape index (κ3) is 4.03. The molecule has 0 atom stereocenters. The summed E-state index contributed by atoms with van der Waals surface area (Å²) in [5.41, 5.74) is 1.15. The number of halogens is 2. The molecule has 0 amide bonds. The average Bonchev–Trinajstić information content (AvgIpc) is 2.43. The third-order valence-electron chi connectivity index (χ3n) is 2.72. The van der Waals surface area contributed by atoms with Crippen molar-refractivity contribution in [1.82, 2.24) is 0 Å². The van der Waals surface area contributed by atoms with Gasteiger partial charge in [0.2, 0.25) is 0 Å². The lowest BCUT2D eigenvalue weighted by Crippen LogP contribution is -2.13. The van der Waals surface area contributed by atoms with E-state index in [4.69, 9.17) is 23.2 Å². The Morgan fingerprint density at radius 1 is 1.05 bits per heavy atom. The van der Waals surface area contributed by atoms with Gasteiger partial charge in [-0.05, 0) is 49.4 Å². The zero-order chi connectivity index (χ0) is 15.5. The van der Waals surface area contributed by atoms with Crippen LogP contribution in [0.5, 0.6) is 0 Å². The molecule has 112 valence electrons. The van der Waals surface area contributed by atoms with Crippen LogP contribution >= 0.6 is 23.2 Å². The van der Waals surface area contributed by atoms with E-state index in [0.29, 0.717) is 5.02 Å². The molecule has 21 heavy (non-hydrogen) atoms. The highest BCUT2D eigenvalue weighted by Crippen LogP contribution is 2.27. The van der Waals surface area contributed by atoms with Crippen molar-refractivity contribution in [3.8, 4) is 0 Å². The monoisotopic (exact) mass is 344 g/mol. The first-order valence-electron chi connectivity index (χ1n) is 6.24. The minimum atomic E-state index is -3.69. The highest BCUT2D eigenvalue weighted by Gasteiger charge is 2.15. The van der Waals surface area contributed by atoms with Gasteiger partial charge in [0.1, 0.15) is 0 Å². The summed E-state index contributed by atoms with van der Waals surface area (Å²) in [7, 11) is -3.69. The molecule has 2 aromatic rings. The van der Waals surface area contributed by atoms with Gasteiger partial charge in [0, 0.05) is 17.3 Å². The molecule has 0 saturated carbocycles. The van der Waals surface area contributed by atoms with E-state index in [1.807, 2.05) is 6.92 Å². The van der Waals surface area contributed by atoms with Crippen LogP contribution in [0.2, 0.25) is 10.0 Å². The Hall–Kier alpha value is -1.43. The minimum Gasteiger partial charge on any atom is -0.385 e. The van der Waals surface area contributed by atoms with E-state index in [-0.39, 0.29) is 15.6 Å². The van der Waals surface area contributed by atoms with Gasteiger partial charge in [-0.1, -0.05) is 23.2 Å². The van der Waals surface area contributed by atoms with E-state index in [1.165, 1.54) is 24.3 Å². The summed E-state index contributed by atoms with van der Waals surface area (Å²) < 4.78 is 27.0. The fraction of sp³-hybridized carbons (Fsp3) is 0.143. The number of rotatable bonds is 5. The van der Waals surface area contributed by atoms with E-state index >= 15 is 0 Å². The first-order chi connectivity index (χ1) is 9.92. The average molecular weight is 345 g/mol. The smallest absolute Gasteiger partial charge is 0.261 e. The summed E-state index contributed by atoms with van der Waals surface area (Å²) in [5.74, 6) is 0. The molecular weight excluding hydrogens is 331 g/mol. The first-order valence-corrected chi connectivity index (χ1v) is 8.48. The molecule has 0 aliphatic rings. The highest BCUT2D eigenvalue weighted by molar-refractivity contribution is 7.92. The first kappa shape index (κ1) is 15.9. The normalized spacial score (nSPS) is 11.2. The number of hydrogen-bond donors (Lipinski definition) is 2. The topological polar surface area (TPSA) is 58.2 Å². The maximum absolute atomic E-state index is 12.3. The molecule has 0 fully saturated rings. The lowest BCUT2D eigenvalue weighted by molar-refractivity contribution is 0.601. The third-order valence-corrected chi connectivity index (χ3v) is 4.65. The molecule has 0 aliphatic carbocycles. The van der Waals surface area contributed by atoms with Gasteiger partial charge in [-0.2, -0.15) is 0 Å². The standard InChI is InChI=1S/C14H14Cl2N2O2S/c1-2-17-11-4-6-12(7-5-11)21(19,20)18-14-8-3-10(15)9-13(14)16/h3-9,17-18H,2H2,1H3. The van der Waals surface area contributed by atoms with Crippen LogP contribution in [0.3, 0.4) is 0 Å². The van der Waals surface area contributed by atoms with E-state index in [9.17, 15) is 8.42 Å². The van der Waals surface area contributed by atoms with Crippen LogP contribution in [0.15, 0.2) is 47.4 Å². The number of nitrogens with one attached hydrogen (secondary N) is 2. The van der Waals surface area contributed by atoms with Crippen LogP contribution in [-0.2, 0) is 10.0 Å². The van der Waals surface area contributed by atoms with Crippen molar-refractivity contribution >= 4 is 44.6 Å². The van der Waals surface area contributed by atoms with Crippen LogP contribution in [0, 0.1) is 0 Å². The molecule has 0 saturated heterocycles. The second-order valence-corrected chi connectivity index (χ2v) is 6.81. The predicted octanol–water partition coefficient (Wildman–Crippen LogP) is 4.23. The summed E-state index contributed by atoms with van der Waals surface area (Å²) >= 11 is 11.8. The van der Waals surface area contributed by atoms with Gasteiger partial charge in [-0.3, -0.25) is 4.72 Å². The summed E-state index contributed by atoms with van der Waals surface area (Å²) in [6, 6.07) is 11.1. The van der Waals surface area contributed by atoms with Gasteiger partial charge in [-0.25, -0.2) is 8.42 Å². The van der Waals surface area contributed by atoms with E-state index in [1.54, 1.807) is 18.2 Å². The van der Waals surface area contributed by atoms with Crippen LogP contribution in [0.4, 0.5) is 11.4 Å². The number of benzene rings is 2. The summed E-state index contributed by atoms with van der Waals surface area (Å²) in [6.45, 7) is 2.74. The molecular formula is C14H14Cl2N2O2S. The van der Waals surface area contributed by atoms with Crippen molar-refractivity contribution in [1.29, 1.82) is 0 Å². The highest BCUT2D eigenvalue weighted by atomic mass is 35.5. The largest absolute Gasteiger partial charge is 0.385 e. The van der Waals surface area contributed by atoms with Crippen LogP contribution in [-0.4, -0.2) is 15.0 Å². The van der Waals surface area contributed by atoms with Gasteiger partial charge < -0.3 is 5.32 Å². The molecule has 0 aliphatic heterocycles. The molecule has 2 rings (SSSR count).